The Morgan fingerprint density at radius 2 is 2.27 bits per heavy atom. The van der Waals surface area contributed by atoms with E-state index in [9.17, 15) is 4.79 Å². The Labute approximate surface area is 85.4 Å². The summed E-state index contributed by atoms with van der Waals surface area (Å²) in [4.78, 5) is 11.2. The molecular formula is C9H12N4O2. The predicted octanol–water partition coefficient (Wildman–Crippen LogP) is -0.448. The Bertz CT molecular complexity index is 543. The first kappa shape index (κ1) is 9.91. The van der Waals surface area contributed by atoms with Gasteiger partial charge in [-0.1, -0.05) is 6.07 Å². The standard InChI is InChI=1S/C9H12N4O2/c1-13-6-3-2-5(8(10)12-11)4-7(6)15-9(13)14/h2-4,8,12H,10-11H2,1H3. The van der Waals surface area contributed by atoms with Crippen LogP contribution in [0.3, 0.4) is 0 Å². The van der Waals surface area contributed by atoms with Crippen molar-refractivity contribution in [2.24, 2.45) is 18.6 Å². The summed E-state index contributed by atoms with van der Waals surface area (Å²) < 4.78 is 6.45. The van der Waals surface area contributed by atoms with Crippen LogP contribution in [-0.2, 0) is 7.05 Å². The number of nitrogens with two attached hydrogens (primary N) is 2. The van der Waals surface area contributed by atoms with Crippen molar-refractivity contribution in [1.82, 2.24) is 9.99 Å². The number of fused-ring (bicyclic) bond motifs is 1. The van der Waals surface area contributed by atoms with E-state index in [0.29, 0.717) is 5.58 Å². The Balaban J connectivity index is 2.62. The van der Waals surface area contributed by atoms with Crippen molar-refractivity contribution in [3.8, 4) is 0 Å². The molecule has 0 spiro atoms. The third-order valence-corrected chi connectivity index (χ3v) is 2.36. The molecular weight excluding hydrogens is 196 g/mol. The van der Waals surface area contributed by atoms with Crippen LogP contribution in [0, 0.1) is 0 Å². The van der Waals surface area contributed by atoms with Crippen LogP contribution in [0.2, 0.25) is 0 Å². The Kier molecular flexibility index (Phi) is 2.31. The summed E-state index contributed by atoms with van der Waals surface area (Å²) in [7, 11) is 1.65. The molecule has 6 heteroatoms. The maximum Gasteiger partial charge on any atom is 0.419 e. The lowest BCUT2D eigenvalue weighted by Crippen LogP contribution is -2.33. The number of hydrazine groups is 1. The fourth-order valence-corrected chi connectivity index (χ4v) is 1.44. The minimum Gasteiger partial charge on any atom is -0.408 e. The summed E-state index contributed by atoms with van der Waals surface area (Å²) in [5.41, 5.74) is 10.1. The van der Waals surface area contributed by atoms with E-state index >= 15 is 0 Å². The molecule has 0 bridgehead atoms. The molecule has 0 aliphatic carbocycles. The molecule has 1 unspecified atom stereocenters. The lowest BCUT2D eigenvalue weighted by atomic mass is 10.1. The highest BCUT2D eigenvalue weighted by atomic mass is 16.4. The number of benzene rings is 1. The first-order valence-electron chi connectivity index (χ1n) is 4.44. The minimum atomic E-state index is -0.472. The highest BCUT2D eigenvalue weighted by Crippen LogP contribution is 2.16. The molecule has 0 saturated carbocycles. The fourth-order valence-electron chi connectivity index (χ4n) is 1.44. The van der Waals surface area contributed by atoms with Gasteiger partial charge in [0.05, 0.1) is 11.7 Å². The van der Waals surface area contributed by atoms with Gasteiger partial charge in [0.1, 0.15) is 0 Å². The molecule has 0 saturated heterocycles. The summed E-state index contributed by atoms with van der Waals surface area (Å²) in [6, 6.07) is 5.26. The van der Waals surface area contributed by atoms with Gasteiger partial charge in [-0.05, 0) is 17.7 Å². The van der Waals surface area contributed by atoms with Gasteiger partial charge in [-0.2, -0.15) is 0 Å². The summed E-state index contributed by atoms with van der Waals surface area (Å²) in [6.07, 6.45) is -0.472. The Morgan fingerprint density at radius 1 is 1.53 bits per heavy atom. The van der Waals surface area contributed by atoms with Crippen molar-refractivity contribution < 1.29 is 4.42 Å². The van der Waals surface area contributed by atoms with Crippen LogP contribution in [0.1, 0.15) is 11.7 Å². The first-order chi connectivity index (χ1) is 7.13. The number of hydrogen-bond donors (Lipinski definition) is 3. The molecule has 1 aromatic heterocycles. The van der Waals surface area contributed by atoms with Crippen molar-refractivity contribution in [3.63, 3.8) is 0 Å². The molecule has 15 heavy (non-hydrogen) atoms. The third-order valence-electron chi connectivity index (χ3n) is 2.36. The largest absolute Gasteiger partial charge is 0.419 e. The van der Waals surface area contributed by atoms with Gasteiger partial charge in [0, 0.05) is 7.05 Å². The maximum atomic E-state index is 11.2. The Morgan fingerprint density at radius 3 is 2.93 bits per heavy atom. The van der Waals surface area contributed by atoms with Gasteiger partial charge in [-0.25, -0.2) is 10.2 Å². The van der Waals surface area contributed by atoms with Gasteiger partial charge in [-0.3, -0.25) is 10.4 Å². The molecule has 0 radical (unpaired) electrons. The lowest BCUT2D eigenvalue weighted by molar-refractivity contribution is 0.526. The highest BCUT2D eigenvalue weighted by molar-refractivity contribution is 5.73. The number of aromatic nitrogens is 1. The summed E-state index contributed by atoms with van der Waals surface area (Å²) >= 11 is 0. The van der Waals surface area contributed by atoms with E-state index in [1.165, 1.54) is 4.57 Å². The van der Waals surface area contributed by atoms with Crippen LogP contribution in [0.4, 0.5) is 0 Å². The van der Waals surface area contributed by atoms with Gasteiger partial charge < -0.3 is 10.2 Å². The van der Waals surface area contributed by atoms with E-state index in [0.717, 1.165) is 11.1 Å². The second-order valence-electron chi connectivity index (χ2n) is 3.30. The molecule has 5 N–H and O–H groups in total. The molecule has 6 nitrogen and oxygen atoms in total. The van der Waals surface area contributed by atoms with Crippen molar-refractivity contribution in [1.29, 1.82) is 0 Å². The molecule has 0 amide bonds. The van der Waals surface area contributed by atoms with Gasteiger partial charge in [0.15, 0.2) is 5.58 Å². The summed E-state index contributed by atoms with van der Waals surface area (Å²) in [5, 5.41) is 0. The third kappa shape index (κ3) is 1.54. The number of nitrogens with one attached hydrogen (secondary N) is 1. The number of oxazole rings is 1. The van der Waals surface area contributed by atoms with Gasteiger partial charge in [0.2, 0.25) is 0 Å². The van der Waals surface area contributed by atoms with Crippen LogP contribution in [-0.4, -0.2) is 4.57 Å². The van der Waals surface area contributed by atoms with Gasteiger partial charge in [0.25, 0.3) is 0 Å². The zero-order chi connectivity index (χ0) is 11.0. The number of rotatable bonds is 2. The second kappa shape index (κ2) is 3.50. The molecule has 0 aliphatic rings. The average Bonchev–Trinajstić information content (AvgIpc) is 2.53. The molecule has 1 heterocycles. The van der Waals surface area contributed by atoms with Crippen LogP contribution < -0.4 is 22.8 Å². The lowest BCUT2D eigenvalue weighted by Gasteiger charge is -2.09. The number of hydrogen-bond acceptors (Lipinski definition) is 5. The van der Waals surface area contributed by atoms with Crippen LogP contribution in [0.25, 0.3) is 11.1 Å². The molecule has 1 atom stereocenters. The van der Waals surface area contributed by atoms with E-state index in [1.807, 2.05) is 0 Å². The zero-order valence-electron chi connectivity index (χ0n) is 8.23. The average molecular weight is 208 g/mol. The molecule has 80 valence electrons. The van der Waals surface area contributed by atoms with E-state index in [1.54, 1.807) is 25.2 Å². The minimum absolute atomic E-state index is 0.392. The van der Waals surface area contributed by atoms with Crippen LogP contribution >= 0.6 is 0 Å². The summed E-state index contributed by atoms with van der Waals surface area (Å²) in [5.74, 6) is 4.82. The van der Waals surface area contributed by atoms with Gasteiger partial charge in [-0.15, -0.1) is 0 Å². The number of aryl methyl sites for hydroxylation is 1. The van der Waals surface area contributed by atoms with Gasteiger partial charge >= 0.3 is 5.76 Å². The summed E-state index contributed by atoms with van der Waals surface area (Å²) in [6.45, 7) is 0. The van der Waals surface area contributed by atoms with Crippen LogP contribution in [0.5, 0.6) is 0 Å². The molecule has 1 aromatic carbocycles. The highest BCUT2D eigenvalue weighted by Gasteiger charge is 2.09. The normalized spacial score (nSPS) is 13.3. The van der Waals surface area contributed by atoms with E-state index in [-0.39, 0.29) is 0 Å². The van der Waals surface area contributed by atoms with Crippen molar-refractivity contribution in [2.75, 3.05) is 0 Å². The quantitative estimate of drug-likeness (QED) is 0.353. The molecule has 0 fully saturated rings. The molecule has 0 aliphatic heterocycles. The predicted molar refractivity (Wildman–Crippen MR) is 55.7 cm³/mol. The second-order valence-corrected chi connectivity index (χ2v) is 3.30. The number of nitrogens with zero attached hydrogens (tertiary/aromatic N) is 1. The van der Waals surface area contributed by atoms with Crippen molar-refractivity contribution in [3.05, 3.63) is 34.3 Å². The van der Waals surface area contributed by atoms with E-state index in [4.69, 9.17) is 16.0 Å². The maximum absolute atomic E-state index is 11.2. The van der Waals surface area contributed by atoms with E-state index < -0.39 is 11.9 Å². The topological polar surface area (TPSA) is 99.2 Å². The SMILES string of the molecule is Cn1c(=O)oc2cc(C(N)NN)ccc21. The zero-order valence-corrected chi connectivity index (χ0v) is 8.23. The molecule has 2 rings (SSSR count). The fraction of sp³-hybridized carbons (Fsp3) is 0.222. The van der Waals surface area contributed by atoms with Crippen molar-refractivity contribution in [2.45, 2.75) is 6.17 Å². The first-order valence-corrected chi connectivity index (χ1v) is 4.44. The van der Waals surface area contributed by atoms with E-state index in [2.05, 4.69) is 5.43 Å². The smallest absolute Gasteiger partial charge is 0.408 e. The van der Waals surface area contributed by atoms with Crippen LogP contribution in [0.15, 0.2) is 27.4 Å². The molecule has 2 aromatic rings. The monoisotopic (exact) mass is 208 g/mol. The Hall–Kier alpha value is -1.63. The van der Waals surface area contributed by atoms with Crippen molar-refractivity contribution >= 4 is 11.1 Å².